The lowest BCUT2D eigenvalue weighted by Gasteiger charge is -2.36. The zero-order valence-electron chi connectivity index (χ0n) is 17.0. The van der Waals surface area contributed by atoms with Crippen molar-refractivity contribution < 1.29 is 9.72 Å². The van der Waals surface area contributed by atoms with Crippen LogP contribution in [0.1, 0.15) is 38.8 Å². The van der Waals surface area contributed by atoms with Crippen molar-refractivity contribution in [3.8, 4) is 0 Å². The highest BCUT2D eigenvalue weighted by atomic mass is 16.6. The molecule has 4 aromatic rings. The topological polar surface area (TPSA) is 79.2 Å². The van der Waals surface area contributed by atoms with Crippen LogP contribution >= 0.6 is 0 Å². The highest BCUT2D eigenvalue weighted by Gasteiger charge is 2.35. The number of hydrogen-bond acceptors (Lipinski definition) is 3. The number of non-ortho nitro benzene ring substituents is 1. The molecule has 2 heterocycles. The number of aryl methyl sites for hydroxylation is 1. The van der Waals surface area contributed by atoms with E-state index in [4.69, 9.17) is 0 Å². The van der Waals surface area contributed by atoms with Gasteiger partial charge >= 0.3 is 0 Å². The van der Waals surface area contributed by atoms with Crippen molar-refractivity contribution in [3.05, 3.63) is 111 Å². The first-order valence-electron chi connectivity index (χ1n) is 10.2. The highest BCUT2D eigenvalue weighted by molar-refractivity contribution is 5.95. The van der Waals surface area contributed by atoms with Gasteiger partial charge in [-0.3, -0.25) is 14.9 Å². The molecule has 0 fully saturated rings. The predicted molar refractivity (Wildman–Crippen MR) is 119 cm³/mol. The number of nitro groups is 1. The van der Waals surface area contributed by atoms with Crippen LogP contribution in [0, 0.1) is 17.0 Å². The summed E-state index contributed by atoms with van der Waals surface area (Å²) in [4.78, 5) is 29.6. The number of nitrogens with zero attached hydrogens (tertiary/aromatic N) is 2. The monoisotopic (exact) mass is 411 g/mol. The zero-order chi connectivity index (χ0) is 21.5. The molecule has 6 heteroatoms. The van der Waals surface area contributed by atoms with Gasteiger partial charge in [-0.2, -0.15) is 0 Å². The number of hydrogen-bond donors (Lipinski definition) is 1. The van der Waals surface area contributed by atoms with Crippen molar-refractivity contribution >= 4 is 22.5 Å². The number of carbonyl (C=O) groups is 1. The van der Waals surface area contributed by atoms with Crippen LogP contribution in [0.4, 0.5) is 5.69 Å². The number of amides is 1. The Morgan fingerprint density at radius 2 is 1.74 bits per heavy atom. The van der Waals surface area contributed by atoms with E-state index in [1.807, 2.05) is 54.3 Å². The summed E-state index contributed by atoms with van der Waals surface area (Å²) in [5, 5.41) is 12.3. The van der Waals surface area contributed by atoms with Crippen molar-refractivity contribution in [1.82, 2.24) is 9.88 Å². The number of fused-ring (bicyclic) bond motifs is 3. The Morgan fingerprint density at radius 1 is 1.03 bits per heavy atom. The van der Waals surface area contributed by atoms with E-state index < -0.39 is 4.92 Å². The highest BCUT2D eigenvalue weighted by Crippen LogP contribution is 2.39. The third-order valence-electron chi connectivity index (χ3n) is 6.01. The van der Waals surface area contributed by atoms with Crippen LogP contribution in [-0.2, 0) is 6.42 Å². The van der Waals surface area contributed by atoms with Crippen LogP contribution < -0.4 is 0 Å². The number of carbonyl (C=O) groups excluding carboxylic acids is 1. The van der Waals surface area contributed by atoms with Crippen molar-refractivity contribution in [2.75, 3.05) is 6.54 Å². The van der Waals surface area contributed by atoms with E-state index in [-0.39, 0.29) is 17.6 Å². The van der Waals surface area contributed by atoms with Gasteiger partial charge in [0.2, 0.25) is 0 Å². The Morgan fingerprint density at radius 3 is 2.45 bits per heavy atom. The lowest BCUT2D eigenvalue weighted by molar-refractivity contribution is -0.384. The van der Waals surface area contributed by atoms with Gasteiger partial charge in [-0.25, -0.2) is 0 Å². The molecule has 0 unspecified atom stereocenters. The molecular weight excluding hydrogens is 390 g/mol. The van der Waals surface area contributed by atoms with Crippen molar-refractivity contribution in [3.63, 3.8) is 0 Å². The van der Waals surface area contributed by atoms with Crippen LogP contribution in [0.5, 0.6) is 0 Å². The normalized spacial score (nSPS) is 15.6. The Balaban J connectivity index is 1.64. The largest absolute Gasteiger partial charge is 0.356 e. The molecule has 31 heavy (non-hydrogen) atoms. The van der Waals surface area contributed by atoms with Crippen LogP contribution in [0.2, 0.25) is 0 Å². The fraction of sp³-hybridized carbons (Fsp3) is 0.160. The van der Waals surface area contributed by atoms with Crippen molar-refractivity contribution in [2.45, 2.75) is 19.4 Å². The maximum absolute atomic E-state index is 13.5. The minimum Gasteiger partial charge on any atom is -0.356 e. The van der Waals surface area contributed by atoms with Crippen molar-refractivity contribution in [2.24, 2.45) is 0 Å². The summed E-state index contributed by atoms with van der Waals surface area (Å²) in [7, 11) is 0. The quantitative estimate of drug-likeness (QED) is 0.373. The molecule has 1 atom stereocenters. The van der Waals surface area contributed by atoms with Crippen LogP contribution in [0.15, 0.2) is 72.8 Å². The Kier molecular flexibility index (Phi) is 4.55. The molecular formula is C25H21N3O3. The van der Waals surface area contributed by atoms with E-state index in [1.165, 1.54) is 17.7 Å². The number of para-hydroxylation sites is 1. The first kappa shape index (κ1) is 19.1. The summed E-state index contributed by atoms with van der Waals surface area (Å²) >= 11 is 0. The fourth-order valence-electron chi connectivity index (χ4n) is 4.45. The average Bonchev–Trinajstić information content (AvgIpc) is 3.17. The van der Waals surface area contributed by atoms with Gasteiger partial charge in [0.1, 0.15) is 0 Å². The Hall–Kier alpha value is -3.93. The van der Waals surface area contributed by atoms with Gasteiger partial charge in [0.25, 0.3) is 11.6 Å². The predicted octanol–water partition coefficient (Wildman–Crippen LogP) is 5.17. The third-order valence-corrected chi connectivity index (χ3v) is 6.01. The van der Waals surface area contributed by atoms with E-state index in [2.05, 4.69) is 11.1 Å². The van der Waals surface area contributed by atoms with Gasteiger partial charge in [0.15, 0.2) is 0 Å². The number of rotatable bonds is 3. The summed E-state index contributed by atoms with van der Waals surface area (Å²) in [5.74, 6) is -0.0485. The minimum absolute atomic E-state index is 0.0350. The number of H-pyrrole nitrogens is 1. The third kappa shape index (κ3) is 3.26. The Labute approximate surface area is 179 Å². The summed E-state index contributed by atoms with van der Waals surface area (Å²) in [5.41, 5.74) is 5.82. The molecule has 3 aromatic carbocycles. The summed E-state index contributed by atoms with van der Waals surface area (Å²) < 4.78 is 0. The minimum atomic E-state index is -0.408. The Bertz CT molecular complexity index is 1290. The van der Waals surface area contributed by atoms with E-state index in [0.29, 0.717) is 12.1 Å². The molecule has 1 aliphatic heterocycles. The molecule has 1 aliphatic rings. The molecule has 0 saturated carbocycles. The van der Waals surface area contributed by atoms with Gasteiger partial charge in [0.05, 0.1) is 11.0 Å². The second-order valence-electron chi connectivity index (χ2n) is 7.93. The molecule has 1 amide bonds. The average molecular weight is 411 g/mol. The van der Waals surface area contributed by atoms with E-state index >= 15 is 0 Å². The molecule has 6 nitrogen and oxygen atoms in total. The second kappa shape index (κ2) is 7.40. The van der Waals surface area contributed by atoms with Crippen LogP contribution in [-0.4, -0.2) is 27.3 Å². The summed E-state index contributed by atoms with van der Waals surface area (Å²) in [6, 6.07) is 21.9. The number of aromatic nitrogens is 1. The first-order chi connectivity index (χ1) is 15.0. The van der Waals surface area contributed by atoms with Crippen LogP contribution in [0.25, 0.3) is 10.9 Å². The molecule has 5 rings (SSSR count). The summed E-state index contributed by atoms with van der Waals surface area (Å²) in [6.07, 6.45) is 0.750. The van der Waals surface area contributed by atoms with E-state index in [9.17, 15) is 14.9 Å². The number of benzene rings is 3. The SMILES string of the molecule is Cc1ccc(C(=O)N2CCc3c([nH]c4ccccc34)[C@@H]2c2ccc([N+](=O)[O-])cc2)cc1. The molecule has 0 saturated heterocycles. The zero-order valence-corrected chi connectivity index (χ0v) is 17.0. The lowest BCUT2D eigenvalue weighted by Crippen LogP contribution is -2.40. The molecule has 0 aliphatic carbocycles. The van der Waals surface area contributed by atoms with Gasteiger partial charge in [-0.05, 0) is 54.8 Å². The first-order valence-corrected chi connectivity index (χ1v) is 10.2. The fourth-order valence-corrected chi connectivity index (χ4v) is 4.45. The van der Waals surface area contributed by atoms with E-state index in [0.717, 1.165) is 34.1 Å². The number of aromatic amines is 1. The van der Waals surface area contributed by atoms with Crippen LogP contribution in [0.3, 0.4) is 0 Å². The molecule has 1 aromatic heterocycles. The maximum Gasteiger partial charge on any atom is 0.269 e. The smallest absolute Gasteiger partial charge is 0.269 e. The van der Waals surface area contributed by atoms with Gasteiger partial charge in [0, 0.05) is 40.8 Å². The van der Waals surface area contributed by atoms with Crippen molar-refractivity contribution in [1.29, 1.82) is 0 Å². The molecule has 154 valence electrons. The number of nitro benzene ring substituents is 1. The second-order valence-corrected chi connectivity index (χ2v) is 7.93. The summed E-state index contributed by atoms with van der Waals surface area (Å²) in [6.45, 7) is 2.56. The van der Waals surface area contributed by atoms with Gasteiger partial charge in [-0.1, -0.05) is 35.9 Å². The standard InChI is InChI=1S/C25H21N3O3/c1-16-6-8-18(9-7-16)25(29)27-15-14-21-20-4-2-3-5-22(20)26-23(21)24(27)17-10-12-19(13-11-17)28(30)31/h2-13,24,26H,14-15H2,1H3/t24-/m0/s1. The molecule has 0 bridgehead atoms. The van der Waals surface area contributed by atoms with Gasteiger partial charge < -0.3 is 9.88 Å². The molecule has 0 radical (unpaired) electrons. The maximum atomic E-state index is 13.5. The van der Waals surface area contributed by atoms with Gasteiger partial charge in [-0.15, -0.1) is 0 Å². The molecule has 1 N–H and O–H groups in total. The molecule has 0 spiro atoms. The number of nitrogens with one attached hydrogen (secondary N) is 1. The van der Waals surface area contributed by atoms with E-state index in [1.54, 1.807) is 12.1 Å². The lowest BCUT2D eigenvalue weighted by atomic mass is 9.91.